The first-order valence-corrected chi connectivity index (χ1v) is 5.34. The van der Waals surface area contributed by atoms with Crippen LogP contribution in [0.2, 0.25) is 0 Å². The molecular formula is C11H9NO2S. The highest BCUT2D eigenvalue weighted by Crippen LogP contribution is 2.21. The van der Waals surface area contributed by atoms with Crippen LogP contribution in [0.15, 0.2) is 35.8 Å². The molecule has 0 spiro atoms. The zero-order chi connectivity index (χ0) is 10.7. The summed E-state index contributed by atoms with van der Waals surface area (Å²) in [5, 5.41) is 11.5. The number of carboxylic acids is 1. The third-order valence-electron chi connectivity index (χ3n) is 1.99. The summed E-state index contributed by atoms with van der Waals surface area (Å²) in [6.45, 7) is 0. The van der Waals surface area contributed by atoms with E-state index in [2.05, 4.69) is 4.98 Å². The Morgan fingerprint density at radius 3 is 2.60 bits per heavy atom. The summed E-state index contributed by atoms with van der Waals surface area (Å²) >= 11 is 1.57. The van der Waals surface area contributed by atoms with Crippen LogP contribution in [0.3, 0.4) is 0 Å². The van der Waals surface area contributed by atoms with Gasteiger partial charge in [-0.3, -0.25) is 4.79 Å². The molecule has 1 N–H and O–H groups in total. The van der Waals surface area contributed by atoms with E-state index in [0.29, 0.717) is 0 Å². The minimum atomic E-state index is -0.808. The Morgan fingerprint density at radius 2 is 2.07 bits per heavy atom. The van der Waals surface area contributed by atoms with E-state index in [4.69, 9.17) is 5.11 Å². The van der Waals surface area contributed by atoms with Crippen molar-refractivity contribution in [2.75, 3.05) is 0 Å². The van der Waals surface area contributed by atoms with Gasteiger partial charge in [0.25, 0.3) is 0 Å². The van der Waals surface area contributed by atoms with Crippen molar-refractivity contribution >= 4 is 17.3 Å². The minimum Gasteiger partial charge on any atom is -0.481 e. The van der Waals surface area contributed by atoms with E-state index in [0.717, 1.165) is 16.1 Å². The van der Waals surface area contributed by atoms with Gasteiger partial charge in [-0.25, -0.2) is 4.98 Å². The van der Waals surface area contributed by atoms with Gasteiger partial charge in [-0.1, -0.05) is 24.3 Å². The average Bonchev–Trinajstić information content (AvgIpc) is 2.71. The van der Waals surface area contributed by atoms with Crippen LogP contribution in [0.25, 0.3) is 10.6 Å². The van der Waals surface area contributed by atoms with Gasteiger partial charge in [-0.2, -0.15) is 0 Å². The Bertz CT molecular complexity index is 448. The molecule has 1 aromatic heterocycles. The topological polar surface area (TPSA) is 50.2 Å². The van der Waals surface area contributed by atoms with Crippen molar-refractivity contribution in [3.63, 3.8) is 0 Å². The predicted octanol–water partition coefficient (Wildman–Crippen LogP) is 2.44. The largest absolute Gasteiger partial charge is 0.481 e. The molecule has 0 saturated heterocycles. The first kappa shape index (κ1) is 9.86. The van der Waals surface area contributed by atoms with Crippen LogP contribution in [0, 0.1) is 0 Å². The zero-order valence-corrected chi connectivity index (χ0v) is 8.70. The summed E-state index contributed by atoms with van der Waals surface area (Å²) in [4.78, 5) is 14.7. The van der Waals surface area contributed by atoms with Crippen molar-refractivity contribution < 1.29 is 9.90 Å². The second-order valence-electron chi connectivity index (χ2n) is 3.10. The van der Waals surface area contributed by atoms with Crippen molar-refractivity contribution in [1.29, 1.82) is 0 Å². The molecule has 0 aliphatic rings. The van der Waals surface area contributed by atoms with Crippen molar-refractivity contribution in [3.05, 3.63) is 41.4 Å². The molecule has 0 unspecified atom stereocenters. The molecule has 0 radical (unpaired) electrons. The lowest BCUT2D eigenvalue weighted by atomic mass is 10.1. The first-order valence-electron chi connectivity index (χ1n) is 4.46. The van der Waals surface area contributed by atoms with Gasteiger partial charge < -0.3 is 5.11 Å². The van der Waals surface area contributed by atoms with Gasteiger partial charge >= 0.3 is 5.97 Å². The molecule has 1 aromatic carbocycles. The summed E-state index contributed by atoms with van der Waals surface area (Å²) in [5.41, 5.74) is 1.84. The van der Waals surface area contributed by atoms with E-state index in [9.17, 15) is 4.79 Å². The van der Waals surface area contributed by atoms with Gasteiger partial charge in [0.2, 0.25) is 0 Å². The maximum atomic E-state index is 10.5. The minimum absolute atomic E-state index is 0.0676. The molecule has 0 saturated carbocycles. The third-order valence-corrected chi connectivity index (χ3v) is 2.81. The summed E-state index contributed by atoms with van der Waals surface area (Å²) in [7, 11) is 0. The number of rotatable bonds is 3. The standard InChI is InChI=1S/C11H9NO2S/c13-10(14)7-8-1-3-9(4-2-8)11-12-5-6-15-11/h1-6H,7H2,(H,13,14). The molecule has 0 atom stereocenters. The van der Waals surface area contributed by atoms with E-state index < -0.39 is 5.97 Å². The average molecular weight is 219 g/mol. The third kappa shape index (κ3) is 2.41. The summed E-state index contributed by atoms with van der Waals surface area (Å²) in [6.07, 6.45) is 1.82. The number of carboxylic acid groups (broad SMARTS) is 1. The Kier molecular flexibility index (Phi) is 2.78. The van der Waals surface area contributed by atoms with E-state index in [1.165, 1.54) is 0 Å². The highest BCUT2D eigenvalue weighted by Gasteiger charge is 2.02. The number of aliphatic carboxylic acids is 1. The van der Waals surface area contributed by atoms with E-state index in [1.807, 2.05) is 29.6 Å². The number of hydrogen-bond acceptors (Lipinski definition) is 3. The van der Waals surface area contributed by atoms with Crippen molar-refractivity contribution in [2.45, 2.75) is 6.42 Å². The predicted molar refractivity (Wildman–Crippen MR) is 58.9 cm³/mol. The first-order chi connectivity index (χ1) is 7.25. The lowest BCUT2D eigenvalue weighted by Gasteiger charge is -1.99. The molecule has 15 heavy (non-hydrogen) atoms. The van der Waals surface area contributed by atoms with Gasteiger partial charge in [0.15, 0.2) is 0 Å². The number of hydrogen-bond donors (Lipinski definition) is 1. The van der Waals surface area contributed by atoms with E-state index in [1.54, 1.807) is 17.5 Å². The van der Waals surface area contributed by atoms with Crippen LogP contribution in [0.1, 0.15) is 5.56 Å². The number of thiazole rings is 1. The highest BCUT2D eigenvalue weighted by molar-refractivity contribution is 7.13. The molecular weight excluding hydrogens is 210 g/mol. The van der Waals surface area contributed by atoms with Crippen molar-refractivity contribution in [3.8, 4) is 10.6 Å². The SMILES string of the molecule is O=C(O)Cc1ccc(-c2nccs2)cc1. The summed E-state index contributed by atoms with van der Waals surface area (Å²) < 4.78 is 0. The maximum absolute atomic E-state index is 10.5. The van der Waals surface area contributed by atoms with Crippen LogP contribution >= 0.6 is 11.3 Å². The van der Waals surface area contributed by atoms with Gasteiger partial charge in [0, 0.05) is 17.1 Å². The normalized spacial score (nSPS) is 10.1. The van der Waals surface area contributed by atoms with Gasteiger partial charge in [0.05, 0.1) is 6.42 Å². The van der Waals surface area contributed by atoms with Crippen molar-refractivity contribution in [1.82, 2.24) is 4.98 Å². The van der Waals surface area contributed by atoms with E-state index >= 15 is 0 Å². The van der Waals surface area contributed by atoms with Crippen LogP contribution in [-0.2, 0) is 11.2 Å². The quantitative estimate of drug-likeness (QED) is 0.862. The maximum Gasteiger partial charge on any atom is 0.307 e. The molecule has 0 aliphatic carbocycles. The Balaban J connectivity index is 2.21. The van der Waals surface area contributed by atoms with Crippen LogP contribution in [0.5, 0.6) is 0 Å². The molecule has 2 rings (SSSR count). The molecule has 4 heteroatoms. The lowest BCUT2D eigenvalue weighted by Crippen LogP contribution is -1.99. The molecule has 0 aliphatic heterocycles. The fourth-order valence-corrected chi connectivity index (χ4v) is 1.95. The Labute approximate surface area is 91.0 Å². The van der Waals surface area contributed by atoms with Crippen LogP contribution in [0.4, 0.5) is 0 Å². The monoisotopic (exact) mass is 219 g/mol. The smallest absolute Gasteiger partial charge is 0.307 e. The lowest BCUT2D eigenvalue weighted by molar-refractivity contribution is -0.136. The number of nitrogens with zero attached hydrogens (tertiary/aromatic N) is 1. The zero-order valence-electron chi connectivity index (χ0n) is 7.88. The molecule has 76 valence electrons. The number of benzene rings is 1. The number of aromatic nitrogens is 1. The highest BCUT2D eigenvalue weighted by atomic mass is 32.1. The van der Waals surface area contributed by atoms with E-state index in [-0.39, 0.29) is 6.42 Å². The molecule has 3 nitrogen and oxygen atoms in total. The number of carbonyl (C=O) groups is 1. The van der Waals surface area contributed by atoms with Crippen LogP contribution in [-0.4, -0.2) is 16.1 Å². The molecule has 1 heterocycles. The summed E-state index contributed by atoms with van der Waals surface area (Å²) in [6, 6.07) is 7.45. The molecule has 0 bridgehead atoms. The molecule has 2 aromatic rings. The van der Waals surface area contributed by atoms with Crippen LogP contribution < -0.4 is 0 Å². The fourth-order valence-electron chi connectivity index (χ4n) is 1.31. The Morgan fingerprint density at radius 1 is 1.33 bits per heavy atom. The summed E-state index contributed by atoms with van der Waals surface area (Å²) in [5.74, 6) is -0.808. The Hall–Kier alpha value is -1.68. The van der Waals surface area contributed by atoms with Gasteiger partial charge in [-0.15, -0.1) is 11.3 Å². The van der Waals surface area contributed by atoms with Crippen molar-refractivity contribution in [2.24, 2.45) is 0 Å². The van der Waals surface area contributed by atoms with Gasteiger partial charge in [-0.05, 0) is 5.56 Å². The fraction of sp³-hybridized carbons (Fsp3) is 0.0909. The molecule has 0 amide bonds. The second-order valence-corrected chi connectivity index (χ2v) is 4.00. The molecule has 0 fully saturated rings. The van der Waals surface area contributed by atoms with Gasteiger partial charge in [0.1, 0.15) is 5.01 Å². The second kappa shape index (κ2) is 4.23.